The van der Waals surface area contributed by atoms with Gasteiger partial charge in [-0.1, -0.05) is 0 Å². The third kappa shape index (κ3) is 5.49. The van der Waals surface area contributed by atoms with Crippen LogP contribution in [0.3, 0.4) is 0 Å². The first-order valence-corrected chi connectivity index (χ1v) is 9.83. The second-order valence-electron chi connectivity index (χ2n) is 7.49. The van der Waals surface area contributed by atoms with Crippen molar-refractivity contribution in [3.63, 3.8) is 0 Å². The summed E-state index contributed by atoms with van der Waals surface area (Å²) in [7, 11) is 2.01. The van der Waals surface area contributed by atoms with Crippen molar-refractivity contribution >= 4 is 41.4 Å². The number of aliphatic imine (C=N–C) groups is 1. The van der Waals surface area contributed by atoms with E-state index in [0.717, 1.165) is 43.2 Å². The van der Waals surface area contributed by atoms with Gasteiger partial charge in [-0.15, -0.1) is 24.0 Å². The lowest BCUT2D eigenvalue weighted by Gasteiger charge is -2.36. The van der Waals surface area contributed by atoms with Crippen LogP contribution in [0.15, 0.2) is 47.6 Å². The number of guanidine groups is 1. The number of piperazine rings is 1. The van der Waals surface area contributed by atoms with E-state index in [1.54, 1.807) is 0 Å². The Balaban J connectivity index is 0.00000240. The van der Waals surface area contributed by atoms with Crippen molar-refractivity contribution in [2.45, 2.75) is 25.4 Å². The zero-order valence-electron chi connectivity index (χ0n) is 16.7. The number of rotatable bonds is 5. The summed E-state index contributed by atoms with van der Waals surface area (Å²) in [6, 6.07) is 11.4. The van der Waals surface area contributed by atoms with Crippen molar-refractivity contribution < 1.29 is 4.39 Å². The van der Waals surface area contributed by atoms with E-state index in [9.17, 15) is 4.39 Å². The molecule has 0 spiro atoms. The molecule has 0 atom stereocenters. The van der Waals surface area contributed by atoms with Gasteiger partial charge in [-0.3, -0.25) is 0 Å². The van der Waals surface area contributed by atoms with Crippen molar-refractivity contribution in [3.8, 4) is 0 Å². The highest BCUT2D eigenvalue weighted by molar-refractivity contribution is 14.0. The second-order valence-corrected chi connectivity index (χ2v) is 7.49. The van der Waals surface area contributed by atoms with E-state index in [2.05, 4.69) is 30.7 Å². The van der Waals surface area contributed by atoms with Crippen LogP contribution in [0.2, 0.25) is 0 Å². The van der Waals surface area contributed by atoms with E-state index >= 15 is 0 Å². The molecule has 2 aromatic rings. The quantitative estimate of drug-likeness (QED) is 0.381. The van der Waals surface area contributed by atoms with E-state index in [0.29, 0.717) is 18.5 Å². The van der Waals surface area contributed by atoms with Crippen molar-refractivity contribution in [3.05, 3.63) is 54.0 Å². The van der Waals surface area contributed by atoms with Crippen molar-refractivity contribution in [2.75, 3.05) is 43.0 Å². The zero-order valence-corrected chi connectivity index (χ0v) is 19.0. The smallest absolute Gasteiger partial charge is 0.191 e. The number of nitrogens with two attached hydrogens (primary N) is 1. The normalized spacial score (nSPS) is 17.1. The predicted octanol–water partition coefficient (Wildman–Crippen LogP) is 3.07. The Bertz CT molecular complexity index is 831. The lowest BCUT2D eigenvalue weighted by Crippen LogP contribution is -2.46. The second kappa shape index (κ2) is 9.60. The van der Waals surface area contributed by atoms with Gasteiger partial charge < -0.3 is 20.4 Å². The standard InChI is InChI=1S/C21H27FN6.HI/c1-26(18-6-7-18)21(23)25-15-16-8-9-24-20(14-16)28-12-10-27(11-13-28)19-4-2-17(22)3-5-19;/h2-5,8-9,14,18H,6-7,10-13,15H2,1H3,(H2,23,25);1H. The third-order valence-electron chi connectivity index (χ3n) is 5.48. The van der Waals surface area contributed by atoms with Crippen LogP contribution in [0.1, 0.15) is 18.4 Å². The first-order valence-electron chi connectivity index (χ1n) is 9.83. The fraction of sp³-hybridized carbons (Fsp3) is 0.429. The van der Waals surface area contributed by atoms with Crippen LogP contribution in [-0.4, -0.2) is 55.1 Å². The minimum Gasteiger partial charge on any atom is -0.370 e. The summed E-state index contributed by atoms with van der Waals surface area (Å²) in [6.45, 7) is 4.09. The summed E-state index contributed by atoms with van der Waals surface area (Å²) in [4.78, 5) is 15.7. The Kier molecular flexibility index (Phi) is 7.15. The Hall–Kier alpha value is -2.10. The molecule has 0 unspecified atom stereocenters. The number of aromatic nitrogens is 1. The van der Waals surface area contributed by atoms with Gasteiger partial charge in [0.05, 0.1) is 6.54 Å². The van der Waals surface area contributed by atoms with Crippen molar-refractivity contribution in [1.29, 1.82) is 0 Å². The van der Waals surface area contributed by atoms with Gasteiger partial charge in [0.15, 0.2) is 5.96 Å². The maximum atomic E-state index is 13.1. The van der Waals surface area contributed by atoms with Gasteiger partial charge in [-0.05, 0) is 54.8 Å². The summed E-state index contributed by atoms with van der Waals surface area (Å²) >= 11 is 0. The van der Waals surface area contributed by atoms with E-state index in [4.69, 9.17) is 5.73 Å². The molecule has 2 N–H and O–H groups in total. The highest BCUT2D eigenvalue weighted by Gasteiger charge is 2.27. The van der Waals surface area contributed by atoms with Gasteiger partial charge in [0.25, 0.3) is 0 Å². The molecular weight excluding hydrogens is 482 g/mol. The number of pyridine rings is 1. The average molecular weight is 510 g/mol. The maximum absolute atomic E-state index is 13.1. The van der Waals surface area contributed by atoms with Gasteiger partial charge in [-0.25, -0.2) is 14.4 Å². The average Bonchev–Trinajstić information content (AvgIpc) is 3.58. The molecule has 1 aromatic carbocycles. The number of halogens is 2. The van der Waals surface area contributed by atoms with E-state index in [1.165, 1.54) is 25.0 Å². The van der Waals surface area contributed by atoms with Crippen LogP contribution in [-0.2, 0) is 6.54 Å². The van der Waals surface area contributed by atoms with Gasteiger partial charge in [0.2, 0.25) is 0 Å². The van der Waals surface area contributed by atoms with E-state index in [1.807, 2.05) is 31.4 Å². The molecule has 8 heteroatoms. The van der Waals surface area contributed by atoms with Gasteiger partial charge in [0, 0.05) is 51.2 Å². The minimum absolute atomic E-state index is 0. The number of hydrogen-bond donors (Lipinski definition) is 1. The monoisotopic (exact) mass is 510 g/mol. The molecule has 1 aliphatic carbocycles. The third-order valence-corrected chi connectivity index (χ3v) is 5.48. The molecule has 1 saturated heterocycles. The Morgan fingerprint density at radius 2 is 1.79 bits per heavy atom. The van der Waals surface area contributed by atoms with Crippen LogP contribution >= 0.6 is 24.0 Å². The van der Waals surface area contributed by atoms with Crippen molar-refractivity contribution in [1.82, 2.24) is 9.88 Å². The summed E-state index contributed by atoms with van der Waals surface area (Å²) in [6.07, 6.45) is 4.25. The molecule has 4 rings (SSSR count). The first-order chi connectivity index (χ1) is 13.6. The number of benzene rings is 1. The lowest BCUT2D eigenvalue weighted by molar-refractivity contribution is 0.487. The molecule has 2 fully saturated rings. The van der Waals surface area contributed by atoms with E-state index in [-0.39, 0.29) is 29.8 Å². The van der Waals surface area contributed by atoms with Crippen LogP contribution < -0.4 is 15.5 Å². The highest BCUT2D eigenvalue weighted by Crippen LogP contribution is 2.25. The van der Waals surface area contributed by atoms with Crippen LogP contribution in [0, 0.1) is 5.82 Å². The van der Waals surface area contributed by atoms with Crippen LogP contribution in [0.4, 0.5) is 15.9 Å². The lowest BCUT2D eigenvalue weighted by atomic mass is 10.2. The molecule has 156 valence electrons. The summed E-state index contributed by atoms with van der Waals surface area (Å²) < 4.78 is 13.1. The molecular formula is C21H28FIN6. The SMILES string of the molecule is CN(C(N)=NCc1ccnc(N2CCN(c3ccc(F)cc3)CC2)c1)C1CC1.I. The van der Waals surface area contributed by atoms with E-state index < -0.39 is 0 Å². The number of nitrogens with zero attached hydrogens (tertiary/aromatic N) is 5. The Labute approximate surface area is 188 Å². The van der Waals surface area contributed by atoms with Crippen LogP contribution in [0.25, 0.3) is 0 Å². The number of hydrogen-bond acceptors (Lipinski definition) is 4. The molecule has 1 aromatic heterocycles. The van der Waals surface area contributed by atoms with Gasteiger partial charge >= 0.3 is 0 Å². The topological polar surface area (TPSA) is 61.0 Å². The maximum Gasteiger partial charge on any atom is 0.191 e. The molecule has 1 saturated carbocycles. The highest BCUT2D eigenvalue weighted by atomic mass is 127. The molecule has 0 amide bonds. The minimum atomic E-state index is -0.199. The Morgan fingerprint density at radius 3 is 2.45 bits per heavy atom. The fourth-order valence-corrected chi connectivity index (χ4v) is 3.51. The molecule has 29 heavy (non-hydrogen) atoms. The molecule has 0 radical (unpaired) electrons. The van der Waals surface area contributed by atoms with Gasteiger partial charge in [0.1, 0.15) is 11.6 Å². The van der Waals surface area contributed by atoms with Crippen molar-refractivity contribution in [2.24, 2.45) is 10.7 Å². The molecule has 0 bridgehead atoms. The largest absolute Gasteiger partial charge is 0.370 e. The Morgan fingerprint density at radius 1 is 1.14 bits per heavy atom. The number of anilines is 2. The summed E-state index contributed by atoms with van der Waals surface area (Å²) in [5.41, 5.74) is 8.26. The van der Waals surface area contributed by atoms with Crippen LogP contribution in [0.5, 0.6) is 0 Å². The fourth-order valence-electron chi connectivity index (χ4n) is 3.51. The molecule has 1 aliphatic heterocycles. The molecule has 2 heterocycles. The zero-order chi connectivity index (χ0) is 19.5. The molecule has 6 nitrogen and oxygen atoms in total. The molecule has 2 aliphatic rings. The van der Waals surface area contributed by atoms with Gasteiger partial charge in [-0.2, -0.15) is 0 Å². The predicted molar refractivity (Wildman–Crippen MR) is 127 cm³/mol. The summed E-state index contributed by atoms with van der Waals surface area (Å²) in [5, 5.41) is 0. The summed E-state index contributed by atoms with van der Waals surface area (Å²) in [5.74, 6) is 1.38. The first kappa shape index (κ1) is 21.6.